The Morgan fingerprint density at radius 3 is 2.45 bits per heavy atom. The lowest BCUT2D eigenvalue weighted by Crippen LogP contribution is -2.50. The van der Waals surface area contributed by atoms with Gasteiger partial charge in [-0.05, 0) is 36.2 Å². The molecule has 2 aliphatic rings. The topological polar surface area (TPSA) is 63.3 Å². The number of nitrogens with zero attached hydrogens (tertiary/aromatic N) is 2. The first kappa shape index (κ1) is 19.4. The third kappa shape index (κ3) is 4.92. The average molecular weight is 397 g/mol. The first-order chi connectivity index (χ1) is 14.2. The summed E-state index contributed by atoms with van der Waals surface area (Å²) in [5, 5.41) is 2.97. The van der Waals surface area contributed by atoms with Gasteiger partial charge in [-0.15, -0.1) is 0 Å². The van der Waals surface area contributed by atoms with E-state index in [1.807, 2.05) is 35.2 Å². The van der Waals surface area contributed by atoms with Gasteiger partial charge in [0.2, 0.25) is 0 Å². The highest BCUT2D eigenvalue weighted by atomic mass is 16.6. The summed E-state index contributed by atoms with van der Waals surface area (Å²) in [6, 6.07) is 13.6. The molecule has 2 aromatic rings. The van der Waals surface area contributed by atoms with Crippen LogP contribution in [0.4, 0.5) is 10.5 Å². The van der Waals surface area contributed by atoms with Gasteiger partial charge in [0.05, 0.1) is 7.11 Å². The summed E-state index contributed by atoms with van der Waals surface area (Å²) in [6.07, 6.45) is 0.993. The predicted octanol–water partition coefficient (Wildman–Crippen LogP) is 2.86. The first-order valence-corrected chi connectivity index (χ1v) is 10.0. The Labute approximate surface area is 171 Å². The molecular formula is C22H27N3O4. The molecule has 0 unspecified atom stereocenters. The molecule has 1 saturated heterocycles. The third-order valence-electron chi connectivity index (χ3n) is 5.33. The number of anilines is 1. The predicted molar refractivity (Wildman–Crippen MR) is 111 cm³/mol. The smallest absolute Gasteiger partial charge is 0.321 e. The molecule has 2 aromatic carbocycles. The van der Waals surface area contributed by atoms with Crippen molar-refractivity contribution in [3.8, 4) is 17.2 Å². The van der Waals surface area contributed by atoms with Crippen LogP contribution in [-0.2, 0) is 6.42 Å². The summed E-state index contributed by atoms with van der Waals surface area (Å²) in [4.78, 5) is 16.9. The molecule has 7 heteroatoms. The van der Waals surface area contributed by atoms with Crippen LogP contribution in [0.1, 0.15) is 5.56 Å². The average Bonchev–Trinajstić information content (AvgIpc) is 2.78. The highest BCUT2D eigenvalue weighted by Gasteiger charge is 2.21. The highest BCUT2D eigenvalue weighted by molar-refractivity contribution is 5.89. The van der Waals surface area contributed by atoms with Gasteiger partial charge >= 0.3 is 6.03 Å². The third-order valence-corrected chi connectivity index (χ3v) is 5.33. The van der Waals surface area contributed by atoms with Crippen LogP contribution in [0.25, 0.3) is 0 Å². The van der Waals surface area contributed by atoms with E-state index in [-0.39, 0.29) is 6.03 Å². The highest BCUT2D eigenvalue weighted by Crippen LogP contribution is 2.32. The van der Waals surface area contributed by atoms with E-state index >= 15 is 0 Å². The number of hydrogen-bond donors (Lipinski definition) is 1. The number of carbonyl (C=O) groups excluding carboxylic acids is 1. The van der Waals surface area contributed by atoms with Crippen LogP contribution in [0.3, 0.4) is 0 Å². The fraction of sp³-hybridized carbons (Fsp3) is 0.409. The zero-order valence-corrected chi connectivity index (χ0v) is 16.7. The molecule has 0 saturated carbocycles. The van der Waals surface area contributed by atoms with Gasteiger partial charge in [-0.1, -0.05) is 12.1 Å². The van der Waals surface area contributed by atoms with Crippen molar-refractivity contribution < 1.29 is 19.0 Å². The summed E-state index contributed by atoms with van der Waals surface area (Å²) in [7, 11) is 1.68. The van der Waals surface area contributed by atoms with E-state index in [1.165, 1.54) is 5.56 Å². The second kappa shape index (κ2) is 9.05. The number of piperazine rings is 1. The Hall–Kier alpha value is -2.93. The van der Waals surface area contributed by atoms with E-state index in [9.17, 15) is 4.79 Å². The van der Waals surface area contributed by atoms with Gasteiger partial charge in [-0.25, -0.2) is 4.79 Å². The number of carbonyl (C=O) groups is 1. The van der Waals surface area contributed by atoms with Crippen LogP contribution in [-0.4, -0.2) is 68.9 Å². The van der Waals surface area contributed by atoms with Crippen LogP contribution in [0, 0.1) is 0 Å². The van der Waals surface area contributed by atoms with Crippen molar-refractivity contribution in [3.63, 3.8) is 0 Å². The molecule has 1 N–H and O–H groups in total. The molecule has 0 aliphatic carbocycles. The van der Waals surface area contributed by atoms with Gasteiger partial charge < -0.3 is 24.4 Å². The van der Waals surface area contributed by atoms with Gasteiger partial charge in [0.15, 0.2) is 11.5 Å². The maximum atomic E-state index is 12.6. The zero-order valence-electron chi connectivity index (χ0n) is 16.7. The van der Waals surface area contributed by atoms with Gasteiger partial charge in [-0.2, -0.15) is 0 Å². The van der Waals surface area contributed by atoms with Crippen LogP contribution in [0.15, 0.2) is 42.5 Å². The number of amides is 2. The molecular weight excluding hydrogens is 370 g/mol. The molecule has 0 atom stereocenters. The van der Waals surface area contributed by atoms with Crippen molar-refractivity contribution in [2.45, 2.75) is 6.42 Å². The van der Waals surface area contributed by atoms with Crippen molar-refractivity contribution in [1.29, 1.82) is 0 Å². The number of methoxy groups -OCH3 is 1. The molecule has 4 rings (SSSR count). The largest absolute Gasteiger partial charge is 0.497 e. The minimum Gasteiger partial charge on any atom is -0.497 e. The standard InChI is InChI=1S/C22H27N3O4/c1-27-19-5-2-17(3-6-19)8-9-24-10-12-25(13-11-24)22(26)23-18-4-7-20-21(16-18)29-15-14-28-20/h2-7,16H,8-15H2,1H3,(H,23,26). The second-order valence-corrected chi connectivity index (χ2v) is 7.22. The molecule has 0 spiro atoms. The van der Waals surface area contributed by atoms with E-state index in [4.69, 9.17) is 14.2 Å². The Morgan fingerprint density at radius 2 is 1.72 bits per heavy atom. The molecule has 2 amide bonds. The van der Waals surface area contributed by atoms with Crippen molar-refractivity contribution in [3.05, 3.63) is 48.0 Å². The Balaban J connectivity index is 1.23. The van der Waals surface area contributed by atoms with E-state index < -0.39 is 0 Å². The number of fused-ring (bicyclic) bond motifs is 1. The lowest BCUT2D eigenvalue weighted by Gasteiger charge is -2.34. The minimum absolute atomic E-state index is 0.0727. The second-order valence-electron chi connectivity index (χ2n) is 7.22. The Kier molecular flexibility index (Phi) is 6.05. The van der Waals surface area contributed by atoms with Crippen LogP contribution in [0.2, 0.25) is 0 Å². The number of rotatable bonds is 5. The number of hydrogen-bond acceptors (Lipinski definition) is 5. The lowest BCUT2D eigenvalue weighted by atomic mass is 10.1. The lowest BCUT2D eigenvalue weighted by molar-refractivity contribution is 0.148. The van der Waals surface area contributed by atoms with Crippen molar-refractivity contribution in [2.24, 2.45) is 0 Å². The number of ether oxygens (including phenoxy) is 3. The van der Waals surface area contributed by atoms with Crippen molar-refractivity contribution in [2.75, 3.05) is 58.4 Å². The molecule has 154 valence electrons. The number of urea groups is 1. The van der Waals surface area contributed by atoms with Gasteiger partial charge in [0, 0.05) is 44.5 Å². The maximum absolute atomic E-state index is 12.6. The molecule has 0 bridgehead atoms. The first-order valence-electron chi connectivity index (χ1n) is 10.0. The number of benzene rings is 2. The van der Waals surface area contributed by atoms with Crippen molar-refractivity contribution in [1.82, 2.24) is 9.80 Å². The normalized spacial score (nSPS) is 16.4. The molecule has 7 nitrogen and oxygen atoms in total. The van der Waals surface area contributed by atoms with Crippen LogP contribution in [0.5, 0.6) is 17.2 Å². The molecule has 2 heterocycles. The van der Waals surface area contributed by atoms with E-state index in [0.717, 1.165) is 56.3 Å². The maximum Gasteiger partial charge on any atom is 0.321 e. The summed E-state index contributed by atoms with van der Waals surface area (Å²) < 4.78 is 16.3. The Bertz CT molecular complexity index is 832. The fourth-order valence-electron chi connectivity index (χ4n) is 3.58. The van der Waals surface area contributed by atoms with Crippen LogP contribution < -0.4 is 19.5 Å². The molecule has 2 aliphatic heterocycles. The summed E-state index contributed by atoms with van der Waals surface area (Å²) in [5.41, 5.74) is 2.02. The summed E-state index contributed by atoms with van der Waals surface area (Å²) >= 11 is 0. The van der Waals surface area contributed by atoms with Gasteiger partial charge in [0.25, 0.3) is 0 Å². The minimum atomic E-state index is -0.0727. The Morgan fingerprint density at radius 1 is 1.00 bits per heavy atom. The monoisotopic (exact) mass is 397 g/mol. The van der Waals surface area contributed by atoms with Gasteiger partial charge in [0.1, 0.15) is 19.0 Å². The zero-order chi connectivity index (χ0) is 20.1. The SMILES string of the molecule is COc1ccc(CCN2CCN(C(=O)Nc3ccc4c(c3)OCCO4)CC2)cc1. The molecule has 0 aromatic heterocycles. The summed E-state index contributed by atoms with van der Waals surface area (Å²) in [6.45, 7) is 5.28. The molecule has 0 radical (unpaired) electrons. The van der Waals surface area contributed by atoms with E-state index in [2.05, 4.69) is 22.3 Å². The fourth-order valence-corrected chi connectivity index (χ4v) is 3.58. The quantitative estimate of drug-likeness (QED) is 0.841. The van der Waals surface area contributed by atoms with E-state index in [1.54, 1.807) is 7.11 Å². The molecule has 29 heavy (non-hydrogen) atoms. The summed E-state index contributed by atoms with van der Waals surface area (Å²) in [5.74, 6) is 2.28. The number of nitrogens with one attached hydrogen (secondary N) is 1. The van der Waals surface area contributed by atoms with Crippen molar-refractivity contribution >= 4 is 11.7 Å². The van der Waals surface area contributed by atoms with Gasteiger partial charge in [-0.3, -0.25) is 4.90 Å². The van der Waals surface area contributed by atoms with Crippen LogP contribution >= 0.6 is 0 Å². The molecule has 1 fully saturated rings. The van der Waals surface area contributed by atoms with E-state index in [0.29, 0.717) is 19.0 Å².